The highest BCUT2D eigenvalue weighted by Crippen LogP contribution is 2.47. The van der Waals surface area contributed by atoms with E-state index in [4.69, 9.17) is 9.47 Å². The Labute approximate surface area is 207 Å². The van der Waals surface area contributed by atoms with Crippen molar-refractivity contribution in [2.75, 3.05) is 32.9 Å². The van der Waals surface area contributed by atoms with Crippen LogP contribution >= 0.6 is 0 Å². The van der Waals surface area contributed by atoms with Crippen molar-refractivity contribution in [1.29, 1.82) is 0 Å². The van der Waals surface area contributed by atoms with Crippen LogP contribution in [0.3, 0.4) is 0 Å². The number of allylic oxidation sites excluding steroid dienone is 1. The highest BCUT2D eigenvalue weighted by atomic mass is 16.5. The molecule has 0 radical (unpaired) electrons. The number of fused-ring (bicyclic) bond motifs is 3. The number of hydrogen-bond acceptors (Lipinski definition) is 6. The summed E-state index contributed by atoms with van der Waals surface area (Å²) in [5.41, 5.74) is 1.28. The van der Waals surface area contributed by atoms with Gasteiger partial charge in [0.25, 0.3) is 0 Å². The molecule has 0 unspecified atom stereocenters. The molecule has 0 saturated carbocycles. The number of aliphatic hydroxyl groups is 2. The fourth-order valence-corrected chi connectivity index (χ4v) is 4.82. The van der Waals surface area contributed by atoms with Crippen LogP contribution in [0.15, 0.2) is 48.6 Å². The zero-order valence-corrected chi connectivity index (χ0v) is 20.5. The predicted molar refractivity (Wildman–Crippen MR) is 133 cm³/mol. The second-order valence-corrected chi connectivity index (χ2v) is 8.85. The van der Waals surface area contributed by atoms with E-state index in [0.29, 0.717) is 43.9 Å². The molecule has 0 fully saturated rings. The molecule has 2 aliphatic rings. The smallest absolute Gasteiger partial charge is 0.247 e. The van der Waals surface area contributed by atoms with Gasteiger partial charge in [0.05, 0.1) is 18.6 Å². The third kappa shape index (κ3) is 6.51. The lowest BCUT2D eigenvalue weighted by Gasteiger charge is -2.41. The molecule has 0 spiro atoms. The van der Waals surface area contributed by atoms with Gasteiger partial charge in [-0.1, -0.05) is 24.3 Å². The predicted octanol–water partition coefficient (Wildman–Crippen LogP) is 2.31. The topological polar surface area (TPSA) is 108 Å². The molecule has 1 aromatic rings. The molecule has 1 aromatic carbocycles. The van der Waals surface area contributed by atoms with E-state index in [1.807, 2.05) is 37.3 Å². The molecule has 0 bridgehead atoms. The summed E-state index contributed by atoms with van der Waals surface area (Å²) in [7, 11) is 0. The second kappa shape index (κ2) is 13.4. The maximum absolute atomic E-state index is 13.3. The maximum Gasteiger partial charge on any atom is 0.247 e. The number of para-hydroxylation sites is 1. The molecule has 192 valence electrons. The number of benzene rings is 1. The molecule has 0 aromatic heterocycles. The minimum absolute atomic E-state index is 0.0741. The first-order valence-electron chi connectivity index (χ1n) is 12.6. The van der Waals surface area contributed by atoms with Crippen molar-refractivity contribution in [3.05, 3.63) is 54.1 Å². The minimum Gasteiger partial charge on any atom is -0.486 e. The molecule has 35 heavy (non-hydrogen) atoms. The normalized spacial score (nSPS) is 22.4. The highest BCUT2D eigenvalue weighted by molar-refractivity contribution is 5.96. The number of hydrogen-bond donors (Lipinski definition) is 3. The van der Waals surface area contributed by atoms with E-state index in [9.17, 15) is 19.8 Å². The summed E-state index contributed by atoms with van der Waals surface area (Å²) in [5, 5.41) is 23.4. The Hall–Kier alpha value is -2.68. The number of amides is 2. The van der Waals surface area contributed by atoms with Gasteiger partial charge in [-0.05, 0) is 44.7 Å². The molecule has 0 saturated heterocycles. The van der Waals surface area contributed by atoms with Gasteiger partial charge in [0.15, 0.2) is 0 Å². The van der Waals surface area contributed by atoms with Crippen molar-refractivity contribution in [3.63, 3.8) is 0 Å². The average molecular weight is 487 g/mol. The maximum atomic E-state index is 13.3. The standard InChI is InChI=1S/C27H38N2O6/c1-3-5-6-7-13-23(31)29(15-10-17-34-4-2)21-18-20(27(33)28-14-16-30)24-19-11-8-9-12-22(19)35-26(24)25(21)32/h3,8-9,11-12,18,21,24-26,30,32H,1,4-7,10,13-17H2,2H3,(H,28,33)/t21-,24+,25+,26+/m1/s1. The van der Waals surface area contributed by atoms with E-state index in [-0.39, 0.29) is 25.0 Å². The molecular formula is C27H38N2O6. The van der Waals surface area contributed by atoms with Crippen LogP contribution in [0.4, 0.5) is 0 Å². The summed E-state index contributed by atoms with van der Waals surface area (Å²) in [6.07, 6.45) is 5.24. The van der Waals surface area contributed by atoms with Crippen molar-refractivity contribution in [1.82, 2.24) is 10.2 Å². The molecule has 1 aliphatic heterocycles. The van der Waals surface area contributed by atoms with Crippen molar-refractivity contribution in [3.8, 4) is 5.75 Å². The zero-order chi connectivity index (χ0) is 25.2. The number of rotatable bonds is 14. The van der Waals surface area contributed by atoms with Gasteiger partial charge in [-0.25, -0.2) is 0 Å². The first-order valence-corrected chi connectivity index (χ1v) is 12.6. The second-order valence-electron chi connectivity index (χ2n) is 8.85. The average Bonchev–Trinajstić information content (AvgIpc) is 3.26. The lowest BCUT2D eigenvalue weighted by Crippen LogP contribution is -2.56. The highest BCUT2D eigenvalue weighted by Gasteiger charge is 2.50. The number of nitrogens with zero attached hydrogens (tertiary/aromatic N) is 1. The molecular weight excluding hydrogens is 448 g/mol. The molecule has 1 aliphatic carbocycles. The van der Waals surface area contributed by atoms with Crippen LogP contribution in [0.25, 0.3) is 0 Å². The van der Waals surface area contributed by atoms with Gasteiger partial charge in [-0.3, -0.25) is 9.59 Å². The van der Waals surface area contributed by atoms with Crippen molar-refractivity contribution >= 4 is 11.8 Å². The van der Waals surface area contributed by atoms with Gasteiger partial charge in [0, 0.05) is 43.9 Å². The number of carbonyl (C=O) groups is 2. The molecule has 8 nitrogen and oxygen atoms in total. The molecule has 1 heterocycles. The van der Waals surface area contributed by atoms with Gasteiger partial charge in [-0.2, -0.15) is 0 Å². The number of carbonyl (C=O) groups excluding carboxylic acids is 2. The summed E-state index contributed by atoms with van der Waals surface area (Å²) in [5.74, 6) is -0.236. The van der Waals surface area contributed by atoms with Gasteiger partial charge in [0.1, 0.15) is 18.0 Å². The first kappa shape index (κ1) is 26.9. The van der Waals surface area contributed by atoms with E-state index in [1.54, 1.807) is 11.0 Å². The lowest BCUT2D eigenvalue weighted by molar-refractivity contribution is -0.137. The number of ether oxygens (including phenoxy) is 2. The summed E-state index contributed by atoms with van der Waals surface area (Å²) < 4.78 is 11.6. The van der Waals surface area contributed by atoms with E-state index in [1.165, 1.54) is 0 Å². The van der Waals surface area contributed by atoms with Crippen molar-refractivity contribution in [2.24, 2.45) is 0 Å². The van der Waals surface area contributed by atoms with Crippen LogP contribution in [0.2, 0.25) is 0 Å². The quantitative estimate of drug-likeness (QED) is 0.275. The Morgan fingerprint density at radius 2 is 2.06 bits per heavy atom. The Bertz CT molecular complexity index is 901. The van der Waals surface area contributed by atoms with Crippen LogP contribution < -0.4 is 10.1 Å². The number of nitrogens with one attached hydrogen (secondary N) is 1. The summed E-state index contributed by atoms with van der Waals surface area (Å²) in [4.78, 5) is 28.1. The number of aliphatic hydroxyl groups excluding tert-OH is 2. The zero-order valence-electron chi connectivity index (χ0n) is 20.5. The third-order valence-electron chi connectivity index (χ3n) is 6.50. The molecule has 2 amide bonds. The monoisotopic (exact) mass is 486 g/mol. The Morgan fingerprint density at radius 3 is 2.80 bits per heavy atom. The fraction of sp³-hybridized carbons (Fsp3) is 0.556. The van der Waals surface area contributed by atoms with Crippen LogP contribution in [-0.4, -0.2) is 78.1 Å². The van der Waals surface area contributed by atoms with Crippen LogP contribution in [0.1, 0.15) is 50.5 Å². The third-order valence-corrected chi connectivity index (χ3v) is 6.50. The van der Waals surface area contributed by atoms with Crippen LogP contribution in [0, 0.1) is 0 Å². The van der Waals surface area contributed by atoms with Gasteiger partial charge < -0.3 is 29.9 Å². The van der Waals surface area contributed by atoms with E-state index < -0.39 is 24.2 Å². The van der Waals surface area contributed by atoms with E-state index >= 15 is 0 Å². The molecule has 4 atom stereocenters. The van der Waals surface area contributed by atoms with Crippen LogP contribution in [0.5, 0.6) is 5.75 Å². The van der Waals surface area contributed by atoms with Crippen LogP contribution in [-0.2, 0) is 14.3 Å². The van der Waals surface area contributed by atoms with E-state index in [0.717, 1.165) is 24.8 Å². The molecule has 3 N–H and O–H groups in total. The summed E-state index contributed by atoms with van der Waals surface area (Å²) in [6, 6.07) is 6.73. The summed E-state index contributed by atoms with van der Waals surface area (Å²) >= 11 is 0. The molecule has 3 rings (SSSR count). The Morgan fingerprint density at radius 1 is 1.26 bits per heavy atom. The van der Waals surface area contributed by atoms with Crippen molar-refractivity contribution < 1.29 is 29.3 Å². The van der Waals surface area contributed by atoms with E-state index in [2.05, 4.69) is 11.9 Å². The van der Waals surface area contributed by atoms with Gasteiger partial charge in [0.2, 0.25) is 11.8 Å². The minimum atomic E-state index is -1.01. The van der Waals surface area contributed by atoms with Gasteiger partial charge in [-0.15, -0.1) is 6.58 Å². The fourth-order valence-electron chi connectivity index (χ4n) is 4.82. The Kier molecular flexibility index (Phi) is 10.3. The SMILES string of the molecule is C=CCCCCC(=O)N(CCCOCC)[C@@H]1C=C(C(=O)NCCO)[C@@H]2c3ccccc3O[C@@H]2[C@H]1O. The lowest BCUT2D eigenvalue weighted by atomic mass is 9.77. The largest absolute Gasteiger partial charge is 0.486 e. The molecule has 8 heteroatoms. The number of unbranched alkanes of at least 4 members (excludes halogenated alkanes) is 2. The summed E-state index contributed by atoms with van der Waals surface area (Å²) in [6.45, 7) is 7.07. The Balaban J connectivity index is 1.91. The van der Waals surface area contributed by atoms with Gasteiger partial charge >= 0.3 is 0 Å². The van der Waals surface area contributed by atoms with Crippen molar-refractivity contribution in [2.45, 2.75) is 63.2 Å². The first-order chi connectivity index (χ1) is 17.0.